The predicted octanol–water partition coefficient (Wildman–Crippen LogP) is 4.30. The number of ether oxygens (including phenoxy) is 2. The Kier molecular flexibility index (Phi) is 5.28. The molecule has 26 heavy (non-hydrogen) atoms. The monoisotopic (exact) mass is 372 g/mol. The van der Waals surface area contributed by atoms with E-state index < -0.39 is 11.6 Å². The number of rotatable bonds is 5. The molecule has 2 aromatic carbocycles. The van der Waals surface area contributed by atoms with E-state index in [9.17, 15) is 9.59 Å². The van der Waals surface area contributed by atoms with Crippen molar-refractivity contribution in [3.8, 4) is 11.5 Å². The first-order valence-corrected chi connectivity index (χ1v) is 8.51. The van der Waals surface area contributed by atoms with Crippen LogP contribution in [-0.2, 0) is 11.2 Å². The summed E-state index contributed by atoms with van der Waals surface area (Å²) in [6.07, 6.45) is 0.655. The second-order valence-electron chi connectivity index (χ2n) is 5.75. The molecule has 0 aliphatic heterocycles. The van der Waals surface area contributed by atoms with Crippen molar-refractivity contribution in [3.05, 3.63) is 69.0 Å². The van der Waals surface area contributed by atoms with E-state index in [1.165, 1.54) is 6.07 Å². The summed E-state index contributed by atoms with van der Waals surface area (Å²) < 4.78 is 16.0. The molecule has 0 N–H and O–H groups in total. The Hall–Kier alpha value is -2.79. The highest BCUT2D eigenvalue weighted by Gasteiger charge is 2.14. The van der Waals surface area contributed by atoms with Gasteiger partial charge < -0.3 is 13.9 Å². The average molecular weight is 373 g/mol. The molecule has 3 aromatic rings. The van der Waals surface area contributed by atoms with Crippen LogP contribution in [-0.4, -0.2) is 12.6 Å². The van der Waals surface area contributed by atoms with Crippen molar-refractivity contribution >= 4 is 28.5 Å². The molecule has 0 radical (unpaired) electrons. The van der Waals surface area contributed by atoms with Crippen molar-refractivity contribution in [2.24, 2.45) is 0 Å². The molecule has 0 aliphatic rings. The standard InChI is InChI=1S/C20H17ClO5/c1-3-13-9-14-12(2)8-19(22)26-18(14)10-17(13)25-20(23)11-24-16-7-5-4-6-15(16)21/h4-10H,3,11H2,1-2H3. The zero-order valence-corrected chi connectivity index (χ0v) is 15.1. The quantitative estimate of drug-likeness (QED) is 0.379. The molecule has 6 heteroatoms. The number of carbonyl (C=O) groups is 1. The SMILES string of the molecule is CCc1cc2c(C)cc(=O)oc2cc1OC(=O)COc1ccccc1Cl. The summed E-state index contributed by atoms with van der Waals surface area (Å²) >= 11 is 5.99. The highest BCUT2D eigenvalue weighted by Crippen LogP contribution is 2.28. The van der Waals surface area contributed by atoms with Crippen molar-refractivity contribution in [1.29, 1.82) is 0 Å². The van der Waals surface area contributed by atoms with Crippen LogP contribution in [0.1, 0.15) is 18.1 Å². The number of benzene rings is 2. The molecule has 0 saturated carbocycles. The van der Waals surface area contributed by atoms with Gasteiger partial charge in [0.25, 0.3) is 0 Å². The van der Waals surface area contributed by atoms with Gasteiger partial charge in [0.1, 0.15) is 17.1 Å². The number of hydrogen-bond acceptors (Lipinski definition) is 5. The number of hydrogen-bond donors (Lipinski definition) is 0. The van der Waals surface area contributed by atoms with Crippen molar-refractivity contribution in [1.82, 2.24) is 0 Å². The largest absolute Gasteiger partial charge is 0.480 e. The zero-order valence-electron chi connectivity index (χ0n) is 14.4. The molecule has 134 valence electrons. The lowest BCUT2D eigenvalue weighted by molar-refractivity contribution is -0.136. The van der Waals surface area contributed by atoms with E-state index in [4.69, 9.17) is 25.5 Å². The van der Waals surface area contributed by atoms with E-state index >= 15 is 0 Å². The lowest BCUT2D eigenvalue weighted by Gasteiger charge is -2.12. The molecule has 0 bridgehead atoms. The van der Waals surface area contributed by atoms with Gasteiger partial charge in [-0.15, -0.1) is 0 Å². The van der Waals surface area contributed by atoms with Crippen LogP contribution in [0, 0.1) is 6.92 Å². The second kappa shape index (κ2) is 7.62. The molecule has 0 fully saturated rings. The van der Waals surface area contributed by atoms with E-state index in [1.807, 2.05) is 19.9 Å². The van der Waals surface area contributed by atoms with Crippen molar-refractivity contribution < 1.29 is 18.7 Å². The number of halogens is 1. The fraction of sp³-hybridized carbons (Fsp3) is 0.200. The van der Waals surface area contributed by atoms with E-state index in [0.29, 0.717) is 28.5 Å². The maximum absolute atomic E-state index is 12.2. The fourth-order valence-electron chi connectivity index (χ4n) is 2.61. The Balaban J connectivity index is 1.82. The Bertz CT molecular complexity index is 1020. The van der Waals surface area contributed by atoms with E-state index in [0.717, 1.165) is 16.5 Å². The first-order chi connectivity index (χ1) is 12.5. The first-order valence-electron chi connectivity index (χ1n) is 8.13. The summed E-state index contributed by atoms with van der Waals surface area (Å²) in [7, 11) is 0. The maximum Gasteiger partial charge on any atom is 0.349 e. The fourth-order valence-corrected chi connectivity index (χ4v) is 2.80. The van der Waals surface area contributed by atoms with Crippen LogP contribution in [0.5, 0.6) is 11.5 Å². The summed E-state index contributed by atoms with van der Waals surface area (Å²) in [5.74, 6) is 0.178. The molecule has 1 heterocycles. The summed E-state index contributed by atoms with van der Waals surface area (Å²) in [5.41, 5.74) is 1.58. The van der Waals surface area contributed by atoms with Gasteiger partial charge in [-0.25, -0.2) is 9.59 Å². The zero-order chi connectivity index (χ0) is 18.7. The molecule has 0 unspecified atom stereocenters. The molecule has 5 nitrogen and oxygen atoms in total. The van der Waals surface area contributed by atoms with Gasteiger partial charge in [0.05, 0.1) is 5.02 Å². The van der Waals surface area contributed by atoms with Crippen LogP contribution in [0.4, 0.5) is 0 Å². The Morgan fingerprint density at radius 3 is 2.65 bits per heavy atom. The van der Waals surface area contributed by atoms with Gasteiger partial charge in [0.15, 0.2) is 6.61 Å². The molecule has 0 amide bonds. The van der Waals surface area contributed by atoms with Crippen LogP contribution >= 0.6 is 11.6 Å². The number of para-hydroxylation sites is 1. The first kappa shape index (κ1) is 18.0. The molecule has 0 aliphatic carbocycles. The summed E-state index contributed by atoms with van der Waals surface area (Å²) in [4.78, 5) is 23.7. The van der Waals surface area contributed by atoms with Crippen molar-refractivity contribution in [2.75, 3.05) is 6.61 Å². The van der Waals surface area contributed by atoms with Gasteiger partial charge in [-0.2, -0.15) is 0 Å². The molecule has 0 atom stereocenters. The molecular formula is C20H17ClO5. The lowest BCUT2D eigenvalue weighted by Crippen LogP contribution is -2.18. The molecule has 0 saturated heterocycles. The molecule has 1 aromatic heterocycles. The van der Waals surface area contributed by atoms with Gasteiger partial charge in [-0.3, -0.25) is 0 Å². The average Bonchev–Trinajstić information content (AvgIpc) is 2.60. The van der Waals surface area contributed by atoms with Crippen LogP contribution in [0.3, 0.4) is 0 Å². The third-order valence-corrected chi connectivity index (χ3v) is 4.23. The van der Waals surface area contributed by atoms with Crippen molar-refractivity contribution in [3.63, 3.8) is 0 Å². The number of carbonyl (C=O) groups excluding carboxylic acids is 1. The Labute approximate surface area is 155 Å². The summed E-state index contributed by atoms with van der Waals surface area (Å²) in [6, 6.07) is 11.7. The molecule has 0 spiro atoms. The lowest BCUT2D eigenvalue weighted by atomic mass is 10.1. The van der Waals surface area contributed by atoms with Gasteiger partial charge in [-0.1, -0.05) is 30.7 Å². The highest BCUT2D eigenvalue weighted by molar-refractivity contribution is 6.32. The number of aryl methyl sites for hydroxylation is 2. The third kappa shape index (κ3) is 3.89. The molecule has 3 rings (SSSR count). The van der Waals surface area contributed by atoms with Gasteiger partial charge in [0, 0.05) is 17.5 Å². The summed E-state index contributed by atoms with van der Waals surface area (Å²) in [5, 5.41) is 1.23. The smallest absolute Gasteiger partial charge is 0.349 e. The van der Waals surface area contributed by atoms with E-state index in [-0.39, 0.29) is 6.61 Å². The highest BCUT2D eigenvalue weighted by atomic mass is 35.5. The Morgan fingerprint density at radius 2 is 1.92 bits per heavy atom. The number of esters is 1. The normalized spacial score (nSPS) is 10.7. The summed E-state index contributed by atoms with van der Waals surface area (Å²) in [6.45, 7) is 3.50. The number of fused-ring (bicyclic) bond motifs is 1. The van der Waals surface area contributed by atoms with Gasteiger partial charge in [0.2, 0.25) is 0 Å². The van der Waals surface area contributed by atoms with Gasteiger partial charge >= 0.3 is 11.6 Å². The van der Waals surface area contributed by atoms with Crippen LogP contribution in [0.15, 0.2) is 51.7 Å². The van der Waals surface area contributed by atoms with E-state index in [1.54, 1.807) is 30.3 Å². The predicted molar refractivity (Wildman–Crippen MR) is 99.2 cm³/mol. The van der Waals surface area contributed by atoms with E-state index in [2.05, 4.69) is 0 Å². The van der Waals surface area contributed by atoms with Crippen LogP contribution in [0.25, 0.3) is 11.0 Å². The minimum Gasteiger partial charge on any atom is -0.480 e. The second-order valence-corrected chi connectivity index (χ2v) is 6.16. The minimum atomic E-state index is -0.575. The minimum absolute atomic E-state index is 0.289. The third-order valence-electron chi connectivity index (χ3n) is 3.92. The van der Waals surface area contributed by atoms with Crippen LogP contribution in [0.2, 0.25) is 5.02 Å². The molecular weight excluding hydrogens is 356 g/mol. The maximum atomic E-state index is 12.2. The van der Waals surface area contributed by atoms with Crippen LogP contribution < -0.4 is 15.1 Å². The van der Waals surface area contributed by atoms with Crippen molar-refractivity contribution in [2.45, 2.75) is 20.3 Å². The topological polar surface area (TPSA) is 65.7 Å². The Morgan fingerprint density at radius 1 is 1.15 bits per heavy atom. The van der Waals surface area contributed by atoms with Gasteiger partial charge in [-0.05, 0) is 42.7 Å².